The van der Waals surface area contributed by atoms with Crippen LogP contribution < -0.4 is 5.32 Å². The van der Waals surface area contributed by atoms with E-state index in [-0.39, 0.29) is 0 Å². The Balaban J connectivity index is 1.84. The smallest absolute Gasteiger partial charge is 0.147 e. The quantitative estimate of drug-likeness (QED) is 0.618. The minimum absolute atomic E-state index is 0.596. The molecule has 110 valence electrons. The van der Waals surface area contributed by atoms with Crippen LogP contribution in [-0.4, -0.2) is 15.0 Å². The predicted molar refractivity (Wildman–Crippen MR) is 88.2 cm³/mol. The Morgan fingerprint density at radius 2 is 2.18 bits per heavy atom. The first-order valence-corrected chi connectivity index (χ1v) is 7.82. The molecule has 0 bridgehead atoms. The second-order valence-electron chi connectivity index (χ2n) is 5.20. The highest BCUT2D eigenvalue weighted by molar-refractivity contribution is 7.26. The monoisotopic (exact) mass is 310 g/mol. The minimum atomic E-state index is 0.596. The number of aryl methyl sites for hydroxylation is 2. The molecule has 4 aromatic heterocycles. The standard InChI is InChI=1S/C16H14N4OS/c1-9-6-10(2)20-16-12(9)13-14(22-16)15(19-8-18-13)17-7-11-4-3-5-21-11/h3-6,8H,7H2,1-2H3,(H,17,18,19). The summed E-state index contributed by atoms with van der Waals surface area (Å²) in [7, 11) is 0. The van der Waals surface area contributed by atoms with Crippen molar-refractivity contribution in [1.82, 2.24) is 15.0 Å². The lowest BCUT2D eigenvalue weighted by Crippen LogP contribution is -2.00. The first-order chi connectivity index (χ1) is 10.7. The molecule has 0 aromatic carbocycles. The maximum absolute atomic E-state index is 5.35. The van der Waals surface area contributed by atoms with Crippen molar-refractivity contribution in [3.63, 3.8) is 0 Å². The van der Waals surface area contributed by atoms with Crippen molar-refractivity contribution >= 4 is 37.6 Å². The molecule has 0 aliphatic carbocycles. The molecule has 0 spiro atoms. The molecule has 4 rings (SSSR count). The maximum Gasteiger partial charge on any atom is 0.147 e. The van der Waals surface area contributed by atoms with Gasteiger partial charge in [0.25, 0.3) is 0 Å². The fourth-order valence-corrected chi connectivity index (χ4v) is 3.84. The van der Waals surface area contributed by atoms with Gasteiger partial charge in [-0.25, -0.2) is 15.0 Å². The van der Waals surface area contributed by atoms with Crippen LogP contribution in [0.1, 0.15) is 17.0 Å². The average molecular weight is 310 g/mol. The minimum Gasteiger partial charge on any atom is -0.467 e. The second-order valence-corrected chi connectivity index (χ2v) is 6.19. The van der Waals surface area contributed by atoms with Gasteiger partial charge in [0.05, 0.1) is 23.0 Å². The van der Waals surface area contributed by atoms with E-state index >= 15 is 0 Å². The summed E-state index contributed by atoms with van der Waals surface area (Å²) in [5.41, 5.74) is 3.18. The van der Waals surface area contributed by atoms with E-state index in [2.05, 4.69) is 33.3 Å². The van der Waals surface area contributed by atoms with Gasteiger partial charge in [-0.15, -0.1) is 11.3 Å². The number of anilines is 1. The molecule has 4 heterocycles. The fourth-order valence-electron chi connectivity index (χ4n) is 2.62. The normalized spacial score (nSPS) is 11.4. The first kappa shape index (κ1) is 13.2. The largest absolute Gasteiger partial charge is 0.467 e. The van der Waals surface area contributed by atoms with E-state index in [0.29, 0.717) is 6.54 Å². The lowest BCUT2D eigenvalue weighted by atomic mass is 10.1. The number of hydrogen-bond donors (Lipinski definition) is 1. The van der Waals surface area contributed by atoms with Gasteiger partial charge in [-0.3, -0.25) is 0 Å². The summed E-state index contributed by atoms with van der Waals surface area (Å²) in [4.78, 5) is 14.5. The molecule has 22 heavy (non-hydrogen) atoms. The van der Waals surface area contributed by atoms with Crippen molar-refractivity contribution in [2.45, 2.75) is 20.4 Å². The molecule has 0 radical (unpaired) electrons. The van der Waals surface area contributed by atoms with E-state index in [1.54, 1.807) is 23.9 Å². The topological polar surface area (TPSA) is 63.8 Å². The molecule has 0 aliphatic rings. The summed E-state index contributed by atoms with van der Waals surface area (Å²) in [6.07, 6.45) is 3.26. The molecular weight excluding hydrogens is 296 g/mol. The van der Waals surface area contributed by atoms with Gasteiger partial charge in [0.2, 0.25) is 0 Å². The van der Waals surface area contributed by atoms with Crippen LogP contribution in [0.3, 0.4) is 0 Å². The molecule has 1 N–H and O–H groups in total. The number of hydrogen-bond acceptors (Lipinski definition) is 6. The molecule has 6 heteroatoms. The fraction of sp³-hybridized carbons (Fsp3) is 0.188. The average Bonchev–Trinajstić information content (AvgIpc) is 3.11. The van der Waals surface area contributed by atoms with E-state index < -0.39 is 0 Å². The lowest BCUT2D eigenvalue weighted by molar-refractivity contribution is 0.518. The highest BCUT2D eigenvalue weighted by Crippen LogP contribution is 2.36. The number of pyridine rings is 1. The van der Waals surface area contributed by atoms with Crippen LogP contribution >= 0.6 is 11.3 Å². The van der Waals surface area contributed by atoms with Crippen molar-refractivity contribution in [2.24, 2.45) is 0 Å². The Hall–Kier alpha value is -2.47. The number of nitrogens with zero attached hydrogens (tertiary/aromatic N) is 3. The van der Waals surface area contributed by atoms with E-state index in [4.69, 9.17) is 4.42 Å². The maximum atomic E-state index is 5.35. The van der Waals surface area contributed by atoms with Crippen LogP contribution in [0, 0.1) is 13.8 Å². The van der Waals surface area contributed by atoms with Crippen LogP contribution in [0.5, 0.6) is 0 Å². The van der Waals surface area contributed by atoms with Crippen LogP contribution in [0.25, 0.3) is 20.4 Å². The summed E-state index contributed by atoms with van der Waals surface area (Å²) in [5.74, 6) is 1.69. The number of fused-ring (bicyclic) bond motifs is 3. The molecule has 0 amide bonds. The van der Waals surface area contributed by atoms with Crippen LogP contribution in [0.15, 0.2) is 35.2 Å². The molecule has 0 fully saturated rings. The van der Waals surface area contributed by atoms with E-state index in [1.165, 1.54) is 5.56 Å². The third-order valence-corrected chi connectivity index (χ3v) is 4.64. The Labute approximate surface area is 131 Å². The zero-order chi connectivity index (χ0) is 15.1. The molecule has 5 nitrogen and oxygen atoms in total. The lowest BCUT2D eigenvalue weighted by Gasteiger charge is -2.04. The van der Waals surface area contributed by atoms with Gasteiger partial charge < -0.3 is 9.73 Å². The third kappa shape index (κ3) is 2.12. The van der Waals surface area contributed by atoms with Crippen LogP contribution in [0.4, 0.5) is 5.82 Å². The number of furan rings is 1. The molecule has 4 aromatic rings. The summed E-state index contributed by atoms with van der Waals surface area (Å²) in [6.45, 7) is 4.71. The Morgan fingerprint density at radius 3 is 3.00 bits per heavy atom. The highest BCUT2D eigenvalue weighted by Gasteiger charge is 2.14. The third-order valence-electron chi connectivity index (χ3n) is 3.56. The number of rotatable bonds is 3. The summed E-state index contributed by atoms with van der Waals surface area (Å²) in [6, 6.07) is 5.90. The van der Waals surface area contributed by atoms with E-state index in [9.17, 15) is 0 Å². The van der Waals surface area contributed by atoms with Gasteiger partial charge >= 0.3 is 0 Å². The molecule has 0 saturated heterocycles. The zero-order valence-corrected chi connectivity index (χ0v) is 13.1. The van der Waals surface area contributed by atoms with E-state index in [1.807, 2.05) is 19.1 Å². The van der Waals surface area contributed by atoms with Crippen molar-refractivity contribution in [3.8, 4) is 0 Å². The van der Waals surface area contributed by atoms with Gasteiger partial charge in [-0.2, -0.15) is 0 Å². The van der Waals surface area contributed by atoms with Crippen molar-refractivity contribution < 1.29 is 4.42 Å². The summed E-state index contributed by atoms with van der Waals surface area (Å²) < 4.78 is 6.38. The molecular formula is C16H14N4OS. The summed E-state index contributed by atoms with van der Waals surface area (Å²) >= 11 is 1.62. The van der Waals surface area contributed by atoms with Crippen molar-refractivity contribution in [3.05, 3.63) is 47.8 Å². The van der Waals surface area contributed by atoms with E-state index in [0.717, 1.165) is 37.7 Å². The van der Waals surface area contributed by atoms with Gasteiger partial charge in [-0.05, 0) is 37.6 Å². The van der Waals surface area contributed by atoms with Gasteiger partial charge in [0.15, 0.2) is 0 Å². The van der Waals surface area contributed by atoms with Crippen molar-refractivity contribution in [2.75, 3.05) is 5.32 Å². The van der Waals surface area contributed by atoms with Gasteiger partial charge in [0.1, 0.15) is 22.7 Å². The number of thiophene rings is 1. The highest BCUT2D eigenvalue weighted by atomic mass is 32.1. The first-order valence-electron chi connectivity index (χ1n) is 7.00. The Kier molecular flexibility index (Phi) is 3.04. The Morgan fingerprint density at radius 1 is 1.27 bits per heavy atom. The predicted octanol–water partition coefficient (Wildman–Crippen LogP) is 4.06. The molecule has 0 saturated carbocycles. The number of aromatic nitrogens is 3. The van der Waals surface area contributed by atoms with Crippen molar-refractivity contribution in [1.29, 1.82) is 0 Å². The summed E-state index contributed by atoms with van der Waals surface area (Å²) in [5, 5.41) is 4.44. The SMILES string of the molecule is Cc1cc(C)c2c(n1)sc1c(NCc3ccco3)ncnc12. The zero-order valence-electron chi connectivity index (χ0n) is 12.3. The van der Waals surface area contributed by atoms with Crippen LogP contribution in [0.2, 0.25) is 0 Å². The van der Waals surface area contributed by atoms with Crippen LogP contribution in [-0.2, 0) is 6.54 Å². The molecule has 0 atom stereocenters. The molecule has 0 unspecified atom stereocenters. The van der Waals surface area contributed by atoms with Gasteiger partial charge in [0, 0.05) is 11.1 Å². The second kappa shape index (κ2) is 5.06. The molecule has 0 aliphatic heterocycles. The number of nitrogens with one attached hydrogen (secondary N) is 1. The Bertz CT molecular complexity index is 959. The van der Waals surface area contributed by atoms with Gasteiger partial charge in [-0.1, -0.05) is 0 Å².